The normalized spacial score (nSPS) is 26.0. The smallest absolute Gasteiger partial charge is 0.543 e. The van der Waals surface area contributed by atoms with Gasteiger partial charge in [-0.1, -0.05) is 13.0 Å². The Labute approximate surface area is 173 Å². The molecule has 128 valence electrons. The topological polar surface area (TPSA) is 93.6 Å². The zero-order valence-electron chi connectivity index (χ0n) is 14.5. The largest absolute Gasteiger partial charge is 1.00 e. The van der Waals surface area contributed by atoms with Gasteiger partial charge in [0.2, 0.25) is 5.91 Å². The van der Waals surface area contributed by atoms with E-state index in [1.165, 1.54) is 16.7 Å². The molecule has 8 heteroatoms. The van der Waals surface area contributed by atoms with Crippen molar-refractivity contribution in [3.8, 4) is 0 Å². The van der Waals surface area contributed by atoms with Gasteiger partial charge in [0.25, 0.3) is 0 Å². The van der Waals surface area contributed by atoms with Crippen molar-refractivity contribution >= 4 is 23.6 Å². The average molecular weight is 370 g/mol. The second-order valence-electron chi connectivity index (χ2n) is 6.17. The monoisotopic (exact) mass is 370 g/mol. The number of pyridine rings is 1. The second-order valence-corrected chi connectivity index (χ2v) is 7.31. The molecule has 0 bridgehead atoms. The van der Waals surface area contributed by atoms with E-state index in [-0.39, 0.29) is 53.1 Å². The van der Waals surface area contributed by atoms with E-state index >= 15 is 0 Å². The number of rotatable bonds is 6. The van der Waals surface area contributed by atoms with E-state index in [9.17, 15) is 19.8 Å². The molecule has 4 unspecified atom stereocenters. The summed E-state index contributed by atoms with van der Waals surface area (Å²) in [6.07, 6.45) is 1.64. The van der Waals surface area contributed by atoms with Crippen molar-refractivity contribution < 1.29 is 49.4 Å². The molecule has 6 nitrogen and oxygen atoms in total. The number of aliphatic hydroxyl groups is 1. The summed E-state index contributed by atoms with van der Waals surface area (Å²) < 4.78 is 0. The number of hydrogen-bond donors (Lipinski definition) is 1. The van der Waals surface area contributed by atoms with E-state index < -0.39 is 18.0 Å². The van der Waals surface area contributed by atoms with Crippen LogP contribution in [0, 0.1) is 11.8 Å². The van der Waals surface area contributed by atoms with Gasteiger partial charge in [0.15, 0.2) is 0 Å². The molecule has 0 aromatic carbocycles. The first-order chi connectivity index (χ1) is 11.4. The summed E-state index contributed by atoms with van der Waals surface area (Å²) in [6.45, 7) is 3.47. The van der Waals surface area contributed by atoms with E-state index in [1.54, 1.807) is 13.1 Å². The van der Waals surface area contributed by atoms with Gasteiger partial charge in [-0.25, -0.2) is 0 Å². The number of carbonyl (C=O) groups is 2. The Balaban J connectivity index is 0.00000225. The molecule has 1 aromatic rings. The van der Waals surface area contributed by atoms with Crippen molar-refractivity contribution in [3.05, 3.63) is 40.7 Å². The maximum absolute atomic E-state index is 12.2. The van der Waals surface area contributed by atoms with Crippen molar-refractivity contribution in [1.29, 1.82) is 0 Å². The summed E-state index contributed by atoms with van der Waals surface area (Å²) in [5.41, 5.74) is 0.910. The fraction of sp³-hybridized carbons (Fsp3) is 0.471. The summed E-state index contributed by atoms with van der Waals surface area (Å²) in [6, 6.07) is 5.39. The molecule has 1 aromatic heterocycles. The van der Waals surface area contributed by atoms with Crippen LogP contribution in [0.5, 0.6) is 0 Å². The Hall–Kier alpha value is -0.860. The van der Waals surface area contributed by atoms with Crippen LogP contribution in [0.1, 0.15) is 19.5 Å². The van der Waals surface area contributed by atoms with Crippen molar-refractivity contribution in [2.24, 2.45) is 11.8 Å². The second kappa shape index (κ2) is 8.22. The maximum atomic E-state index is 12.2. The Kier molecular flexibility index (Phi) is 6.73. The van der Waals surface area contributed by atoms with E-state index in [0.717, 1.165) is 5.69 Å². The zero-order valence-corrected chi connectivity index (χ0v) is 17.3. The zero-order chi connectivity index (χ0) is 17.4. The first kappa shape index (κ1) is 20.5. The molecule has 0 saturated carbocycles. The van der Waals surface area contributed by atoms with Crippen LogP contribution < -0.4 is 34.7 Å². The van der Waals surface area contributed by atoms with Gasteiger partial charge < -0.3 is 19.9 Å². The van der Waals surface area contributed by atoms with Crippen molar-refractivity contribution in [3.63, 3.8) is 0 Å². The van der Waals surface area contributed by atoms with Crippen molar-refractivity contribution in [2.75, 3.05) is 5.75 Å². The van der Waals surface area contributed by atoms with Crippen LogP contribution in [-0.4, -0.2) is 44.8 Å². The molecule has 3 heterocycles. The van der Waals surface area contributed by atoms with Crippen LogP contribution >= 0.6 is 11.8 Å². The average Bonchev–Trinajstić information content (AvgIpc) is 2.78. The van der Waals surface area contributed by atoms with E-state index in [1.807, 2.05) is 25.1 Å². The fourth-order valence-corrected chi connectivity index (χ4v) is 4.77. The molecular weight excluding hydrogens is 351 g/mol. The molecule has 0 radical (unpaired) electrons. The van der Waals surface area contributed by atoms with Crippen molar-refractivity contribution in [2.45, 2.75) is 32.4 Å². The Morgan fingerprint density at radius 2 is 2.20 bits per heavy atom. The molecule has 0 spiro atoms. The summed E-state index contributed by atoms with van der Waals surface area (Å²) in [5, 5.41) is 21.4. The number of aryl methyl sites for hydroxylation is 1. The number of hydrogen-bond acceptors (Lipinski definition) is 6. The third kappa shape index (κ3) is 3.66. The minimum Gasteiger partial charge on any atom is -0.543 e. The number of thioether (sulfide) groups is 1. The van der Waals surface area contributed by atoms with E-state index in [4.69, 9.17) is 0 Å². The predicted molar refractivity (Wildman–Crippen MR) is 87.4 cm³/mol. The predicted octanol–water partition coefficient (Wildman–Crippen LogP) is -2.82. The van der Waals surface area contributed by atoms with Crippen LogP contribution in [0.4, 0.5) is 0 Å². The minimum absolute atomic E-state index is 0. The molecule has 2 aliphatic heterocycles. The van der Waals surface area contributed by atoms with Gasteiger partial charge in [0.1, 0.15) is 0 Å². The number of aromatic nitrogens is 1. The van der Waals surface area contributed by atoms with Gasteiger partial charge in [-0.15, -0.1) is 11.8 Å². The Morgan fingerprint density at radius 3 is 2.76 bits per heavy atom. The minimum atomic E-state index is -1.33. The van der Waals surface area contributed by atoms with Gasteiger partial charge in [-0.2, -0.15) is 0 Å². The van der Waals surface area contributed by atoms with Gasteiger partial charge >= 0.3 is 29.6 Å². The Bertz CT molecular complexity index is 695. The van der Waals surface area contributed by atoms with Crippen LogP contribution in [0.2, 0.25) is 0 Å². The van der Waals surface area contributed by atoms with Crippen LogP contribution in [0.25, 0.3) is 0 Å². The van der Waals surface area contributed by atoms with Gasteiger partial charge in [-0.3, -0.25) is 9.78 Å². The summed E-state index contributed by atoms with van der Waals surface area (Å²) in [7, 11) is 0. The maximum Gasteiger partial charge on any atom is 1.00 e. The third-order valence-corrected chi connectivity index (χ3v) is 5.93. The first-order valence-electron chi connectivity index (χ1n) is 7.92. The van der Waals surface area contributed by atoms with Gasteiger partial charge in [0, 0.05) is 28.5 Å². The summed E-state index contributed by atoms with van der Waals surface area (Å²) in [4.78, 5) is 30.0. The number of aliphatic hydroxyl groups excluding tert-OH is 1. The molecule has 1 N–H and O–H groups in total. The fourth-order valence-electron chi connectivity index (χ4n) is 3.52. The molecule has 0 aliphatic carbocycles. The third-order valence-electron chi connectivity index (χ3n) is 4.64. The number of carboxylic acids is 1. The Morgan fingerprint density at radius 1 is 1.48 bits per heavy atom. The number of aliphatic carboxylic acids is 1. The summed E-state index contributed by atoms with van der Waals surface area (Å²) >= 11 is 1.43. The molecular formula is C17H19N2NaO4S. The quantitative estimate of drug-likeness (QED) is 0.429. The first-order valence-corrected chi connectivity index (χ1v) is 8.91. The molecule has 25 heavy (non-hydrogen) atoms. The van der Waals surface area contributed by atoms with Crippen LogP contribution in [0.15, 0.2) is 35.0 Å². The molecule has 1 amide bonds. The molecule has 2 aliphatic rings. The standard InChI is InChI=1S/C17H20N2O4S.Na/c1-9-13-12(10(2)20)16(21)19(13)14(17(22)23)15(9)24-8-6-11-5-3-4-7-18-11;/h3-5,7,9-10,12-13,20H,6,8H2,1-2H3,(H,22,23);/q;+1/p-1. The van der Waals surface area contributed by atoms with Crippen LogP contribution in [0.3, 0.4) is 0 Å². The molecule has 1 saturated heterocycles. The number of fused-ring (bicyclic) bond motifs is 1. The SMILES string of the molecule is CC(O)C1C(=O)N2C(C(=O)[O-])=C(SCCc3ccccn3)C(C)C12.[Na+]. The number of amides is 1. The van der Waals surface area contributed by atoms with E-state index in [2.05, 4.69) is 4.98 Å². The molecule has 1 fully saturated rings. The summed E-state index contributed by atoms with van der Waals surface area (Å²) in [5.74, 6) is -1.66. The van der Waals surface area contributed by atoms with Gasteiger partial charge in [-0.05, 0) is 25.5 Å². The molecule has 4 atom stereocenters. The number of nitrogens with zero attached hydrogens (tertiary/aromatic N) is 2. The number of carboxylic acid groups (broad SMARTS) is 1. The van der Waals surface area contributed by atoms with Gasteiger partial charge in [0.05, 0.1) is 29.7 Å². The van der Waals surface area contributed by atoms with E-state index in [0.29, 0.717) is 17.1 Å². The number of carbonyl (C=O) groups excluding carboxylic acids is 2. The van der Waals surface area contributed by atoms with Crippen LogP contribution in [-0.2, 0) is 16.0 Å². The van der Waals surface area contributed by atoms with Crippen molar-refractivity contribution in [1.82, 2.24) is 9.88 Å². The molecule has 3 rings (SSSR count). The number of β-lactam (4-membered cyclic amide) rings is 1.